The molecule has 2 aromatic rings. The zero-order valence-electron chi connectivity index (χ0n) is 18.3. The molecule has 0 bridgehead atoms. The molecule has 0 saturated carbocycles. The molecular weight excluding hydrogens is 467 g/mol. The van der Waals surface area contributed by atoms with Gasteiger partial charge in [-0.25, -0.2) is 0 Å². The molecule has 2 saturated heterocycles. The van der Waals surface area contributed by atoms with Crippen LogP contribution in [-0.2, 0) is 11.3 Å². The zero-order chi connectivity index (χ0) is 23.5. The minimum atomic E-state index is -0.734. The fraction of sp³-hybridized carbons (Fsp3) is 0.476. The maximum Gasteiger partial charge on any atom is 0.273 e. The van der Waals surface area contributed by atoms with E-state index in [2.05, 4.69) is 25.4 Å². The Bertz CT molecular complexity index is 1040. The second-order valence-corrected chi connectivity index (χ2v) is 9.06. The highest BCUT2D eigenvalue weighted by Gasteiger charge is 2.33. The van der Waals surface area contributed by atoms with Crippen LogP contribution >= 0.6 is 23.2 Å². The number of likely N-dealkylation sites (N-methyl/N-ethyl adjacent to an activating group) is 1. The number of aromatic nitrogens is 3. The predicted molar refractivity (Wildman–Crippen MR) is 127 cm³/mol. The monoisotopic (exact) mass is 492 g/mol. The van der Waals surface area contributed by atoms with Crippen molar-refractivity contribution in [3.05, 3.63) is 39.5 Å². The molecule has 2 aliphatic rings. The van der Waals surface area contributed by atoms with Crippen LogP contribution in [0.2, 0.25) is 10.0 Å². The fourth-order valence-corrected chi connectivity index (χ4v) is 4.62. The van der Waals surface area contributed by atoms with Crippen LogP contribution < -0.4 is 16.0 Å². The number of likely N-dealkylation sites (tertiary alicyclic amines) is 1. The molecule has 1 aromatic carbocycles. The summed E-state index contributed by atoms with van der Waals surface area (Å²) in [6.45, 7) is 3.55. The van der Waals surface area contributed by atoms with Crippen LogP contribution in [-0.4, -0.2) is 82.6 Å². The quantitative estimate of drug-likeness (QED) is 0.623. The van der Waals surface area contributed by atoms with Gasteiger partial charge in [0, 0.05) is 42.8 Å². The summed E-state index contributed by atoms with van der Waals surface area (Å²) in [6.07, 6.45) is 1.96. The van der Waals surface area contributed by atoms with Crippen molar-refractivity contribution in [3.8, 4) is 0 Å². The zero-order valence-corrected chi connectivity index (χ0v) is 19.8. The van der Waals surface area contributed by atoms with Crippen molar-refractivity contribution in [2.24, 2.45) is 5.73 Å². The van der Waals surface area contributed by atoms with Gasteiger partial charge in [0.25, 0.3) is 5.91 Å². The van der Waals surface area contributed by atoms with E-state index in [1.165, 1.54) is 0 Å². The van der Waals surface area contributed by atoms with Gasteiger partial charge in [-0.15, -0.1) is 10.2 Å². The van der Waals surface area contributed by atoms with Crippen molar-refractivity contribution in [2.45, 2.75) is 25.4 Å². The van der Waals surface area contributed by atoms with Crippen LogP contribution in [0.4, 0.5) is 11.8 Å². The highest BCUT2D eigenvalue weighted by Crippen LogP contribution is 2.23. The number of nitrogens with two attached hydrogens (primary N) is 1. The molecule has 0 spiro atoms. The number of benzene rings is 1. The van der Waals surface area contributed by atoms with Gasteiger partial charge in [0.1, 0.15) is 0 Å². The number of nitrogens with one attached hydrogen (secondary N) is 1. The van der Waals surface area contributed by atoms with E-state index in [4.69, 9.17) is 28.9 Å². The topological polar surface area (TPSA) is 121 Å². The molecule has 2 aliphatic heterocycles. The molecule has 10 nitrogen and oxygen atoms in total. The van der Waals surface area contributed by atoms with E-state index in [1.54, 1.807) is 18.2 Å². The normalized spacial score (nSPS) is 19.1. The van der Waals surface area contributed by atoms with E-state index in [-0.39, 0.29) is 23.5 Å². The Hall–Kier alpha value is -2.69. The first-order valence-corrected chi connectivity index (χ1v) is 11.6. The third-order valence-corrected chi connectivity index (χ3v) is 6.64. The van der Waals surface area contributed by atoms with Crippen molar-refractivity contribution in [1.82, 2.24) is 25.0 Å². The van der Waals surface area contributed by atoms with Crippen LogP contribution in [0.5, 0.6) is 0 Å². The highest BCUT2D eigenvalue weighted by molar-refractivity contribution is 6.35. The lowest BCUT2D eigenvalue weighted by Gasteiger charge is -2.36. The number of nitrogens with zero attached hydrogens (tertiary/aromatic N) is 6. The van der Waals surface area contributed by atoms with E-state index in [9.17, 15) is 9.59 Å². The third-order valence-electron chi connectivity index (χ3n) is 6.05. The number of carbonyl (C=O) groups is 2. The van der Waals surface area contributed by atoms with Crippen molar-refractivity contribution in [1.29, 1.82) is 0 Å². The van der Waals surface area contributed by atoms with Gasteiger partial charge in [-0.05, 0) is 44.1 Å². The van der Waals surface area contributed by atoms with Crippen LogP contribution in [0.1, 0.15) is 28.9 Å². The Labute approximate surface area is 202 Å². The smallest absolute Gasteiger partial charge is 0.273 e. The summed E-state index contributed by atoms with van der Waals surface area (Å²) >= 11 is 12.2. The number of anilines is 2. The summed E-state index contributed by atoms with van der Waals surface area (Å²) in [7, 11) is 2.00. The number of hydrogen-bond donors (Lipinski definition) is 2. The van der Waals surface area contributed by atoms with E-state index < -0.39 is 5.91 Å². The lowest BCUT2D eigenvalue weighted by molar-refractivity contribution is -0.135. The number of carbonyl (C=O) groups excluding carboxylic acids is 2. The molecule has 1 atom stereocenters. The van der Waals surface area contributed by atoms with Crippen LogP contribution in [0.3, 0.4) is 0 Å². The maximum absolute atomic E-state index is 12.8. The maximum atomic E-state index is 12.8. The lowest BCUT2D eigenvalue weighted by Crippen LogP contribution is -2.53. The summed E-state index contributed by atoms with van der Waals surface area (Å²) in [6, 6.07) is 5.13. The van der Waals surface area contributed by atoms with Gasteiger partial charge in [-0.3, -0.25) is 14.5 Å². The summed E-state index contributed by atoms with van der Waals surface area (Å²) < 4.78 is 0. The molecule has 2 fully saturated rings. The molecule has 176 valence electrons. The Kier molecular flexibility index (Phi) is 7.16. The number of amides is 2. The van der Waals surface area contributed by atoms with Crippen LogP contribution in [0, 0.1) is 0 Å². The Balaban J connectivity index is 1.44. The van der Waals surface area contributed by atoms with Gasteiger partial charge >= 0.3 is 0 Å². The average Bonchev–Trinajstić information content (AvgIpc) is 3.23. The molecule has 3 heterocycles. The summed E-state index contributed by atoms with van der Waals surface area (Å²) in [4.78, 5) is 35.1. The molecule has 33 heavy (non-hydrogen) atoms. The second kappa shape index (κ2) is 10.1. The van der Waals surface area contributed by atoms with Crippen molar-refractivity contribution in [2.75, 3.05) is 50.0 Å². The summed E-state index contributed by atoms with van der Waals surface area (Å²) in [5, 5.41) is 12.2. The van der Waals surface area contributed by atoms with Gasteiger partial charge in [0.15, 0.2) is 11.5 Å². The lowest BCUT2D eigenvalue weighted by atomic mass is 10.2. The van der Waals surface area contributed by atoms with Crippen molar-refractivity contribution < 1.29 is 9.59 Å². The number of halogens is 2. The average molecular weight is 493 g/mol. The van der Waals surface area contributed by atoms with Crippen LogP contribution in [0.25, 0.3) is 0 Å². The first-order chi connectivity index (χ1) is 15.8. The number of piperazine rings is 1. The minimum absolute atomic E-state index is 0.0280. The van der Waals surface area contributed by atoms with E-state index >= 15 is 0 Å². The van der Waals surface area contributed by atoms with E-state index in [0.717, 1.165) is 24.9 Å². The van der Waals surface area contributed by atoms with Gasteiger partial charge in [0.2, 0.25) is 11.9 Å². The Morgan fingerprint density at radius 2 is 1.91 bits per heavy atom. The molecule has 0 unspecified atom stereocenters. The Morgan fingerprint density at radius 1 is 1.15 bits per heavy atom. The molecule has 3 N–H and O–H groups in total. The number of primary amides is 1. The standard InChI is InChI=1S/C21H26Cl2N8O2/c1-29-6-2-3-16(29)20(33)30-7-9-31(10-8-30)21-26-19(17(18(24)32)27-28-21)25-12-13-4-5-14(22)11-15(13)23/h4-5,11,16H,2-3,6-10,12H2,1H3,(H2,24,32)(H,25,26,28)/t16-/m1/s1. The van der Waals surface area contributed by atoms with Gasteiger partial charge < -0.3 is 20.9 Å². The van der Waals surface area contributed by atoms with Crippen LogP contribution in [0.15, 0.2) is 18.2 Å². The van der Waals surface area contributed by atoms with Gasteiger partial charge in [-0.1, -0.05) is 29.3 Å². The predicted octanol–water partition coefficient (Wildman–Crippen LogP) is 1.63. The third kappa shape index (κ3) is 5.29. The van der Waals surface area contributed by atoms with E-state index in [1.807, 2.05) is 16.8 Å². The molecule has 4 rings (SSSR count). The van der Waals surface area contributed by atoms with Gasteiger partial charge in [0.05, 0.1) is 6.04 Å². The largest absolute Gasteiger partial charge is 0.364 e. The van der Waals surface area contributed by atoms with Crippen molar-refractivity contribution in [3.63, 3.8) is 0 Å². The number of rotatable bonds is 6. The summed E-state index contributed by atoms with van der Waals surface area (Å²) in [5.41, 5.74) is 6.18. The molecule has 2 amide bonds. The molecule has 1 aromatic heterocycles. The summed E-state index contributed by atoms with van der Waals surface area (Å²) in [5.74, 6) is 0.0433. The first kappa shape index (κ1) is 23.5. The number of hydrogen-bond acceptors (Lipinski definition) is 8. The van der Waals surface area contributed by atoms with Gasteiger partial charge in [-0.2, -0.15) is 4.98 Å². The SMILES string of the molecule is CN1CCC[C@@H]1C(=O)N1CCN(c2nnc(C(N)=O)c(NCc3ccc(Cl)cc3Cl)n2)CC1. The fourth-order valence-electron chi connectivity index (χ4n) is 4.14. The molecule has 0 aliphatic carbocycles. The van der Waals surface area contributed by atoms with Crippen molar-refractivity contribution >= 4 is 46.8 Å². The molecule has 12 heteroatoms. The second-order valence-electron chi connectivity index (χ2n) is 8.21. The Morgan fingerprint density at radius 3 is 2.55 bits per heavy atom. The molecule has 0 radical (unpaired) electrons. The first-order valence-electron chi connectivity index (χ1n) is 10.8. The minimum Gasteiger partial charge on any atom is -0.364 e. The highest BCUT2D eigenvalue weighted by atomic mass is 35.5. The van der Waals surface area contributed by atoms with E-state index in [0.29, 0.717) is 48.7 Å². The molecular formula is C21H26Cl2N8O2.